The van der Waals surface area contributed by atoms with E-state index in [-0.39, 0.29) is 42.6 Å². The molecular weight excluding hydrogens is 316 g/mol. The summed E-state index contributed by atoms with van der Waals surface area (Å²) in [5.74, 6) is -0.257. The standard InChI is InChI=1S/C14H22FN3O.2ClH/c1-18(2)13(10-17-14(19)4-3-9-16)11-5-7-12(15)8-6-11;;/h5-8,13H,3-4,9-10,16H2,1-2H3,(H,17,19);2*1H. The quantitative estimate of drug-likeness (QED) is 0.799. The first kappa shape index (κ1) is 22.4. The van der Waals surface area contributed by atoms with Crippen LogP contribution in [-0.2, 0) is 4.79 Å². The van der Waals surface area contributed by atoms with Crippen LogP contribution < -0.4 is 11.1 Å². The van der Waals surface area contributed by atoms with Crippen molar-refractivity contribution in [1.82, 2.24) is 10.2 Å². The van der Waals surface area contributed by atoms with Crippen LogP contribution in [0.3, 0.4) is 0 Å². The predicted octanol–water partition coefficient (Wildman–Crippen LogP) is 2.13. The molecule has 0 saturated heterocycles. The van der Waals surface area contributed by atoms with Gasteiger partial charge in [0.25, 0.3) is 0 Å². The summed E-state index contributed by atoms with van der Waals surface area (Å²) in [7, 11) is 3.86. The fraction of sp³-hybridized carbons (Fsp3) is 0.500. The lowest BCUT2D eigenvalue weighted by Crippen LogP contribution is -2.34. The Morgan fingerprint density at radius 2 is 1.86 bits per heavy atom. The second-order valence-corrected chi connectivity index (χ2v) is 4.73. The second-order valence-electron chi connectivity index (χ2n) is 4.73. The van der Waals surface area contributed by atoms with E-state index in [1.807, 2.05) is 19.0 Å². The number of carbonyl (C=O) groups is 1. The first-order chi connectivity index (χ1) is 9.04. The molecule has 3 N–H and O–H groups in total. The highest BCUT2D eigenvalue weighted by Crippen LogP contribution is 2.17. The normalized spacial score (nSPS) is 11.3. The molecule has 1 unspecified atom stereocenters. The Bertz CT molecular complexity index is 402. The van der Waals surface area contributed by atoms with Crippen LogP contribution in [-0.4, -0.2) is 38.0 Å². The monoisotopic (exact) mass is 339 g/mol. The molecule has 0 aliphatic carbocycles. The topological polar surface area (TPSA) is 58.4 Å². The zero-order valence-corrected chi connectivity index (χ0v) is 14.0. The van der Waals surface area contributed by atoms with Gasteiger partial charge in [0, 0.05) is 13.0 Å². The first-order valence-corrected chi connectivity index (χ1v) is 6.43. The molecule has 1 amide bonds. The Hall–Kier alpha value is -0.880. The molecule has 0 aliphatic rings. The number of nitrogens with one attached hydrogen (secondary N) is 1. The van der Waals surface area contributed by atoms with Crippen molar-refractivity contribution < 1.29 is 9.18 Å². The molecule has 0 radical (unpaired) electrons. The van der Waals surface area contributed by atoms with E-state index in [0.29, 0.717) is 25.9 Å². The van der Waals surface area contributed by atoms with Crippen LogP contribution in [0.25, 0.3) is 0 Å². The molecule has 21 heavy (non-hydrogen) atoms. The Kier molecular flexibility index (Phi) is 12.5. The first-order valence-electron chi connectivity index (χ1n) is 6.43. The average Bonchev–Trinajstić information content (AvgIpc) is 2.38. The van der Waals surface area contributed by atoms with Crippen LogP contribution >= 0.6 is 24.8 Å². The fourth-order valence-electron chi connectivity index (χ4n) is 1.85. The number of likely N-dealkylation sites (N-methyl/N-ethyl adjacent to an activating group) is 1. The summed E-state index contributed by atoms with van der Waals surface area (Å²) in [6.45, 7) is 1.02. The Labute approximate surface area is 138 Å². The lowest BCUT2D eigenvalue weighted by Gasteiger charge is -2.25. The molecule has 0 spiro atoms. The molecular formula is C14H24Cl2FN3O. The molecule has 0 aliphatic heterocycles. The molecule has 0 saturated carbocycles. The van der Waals surface area contributed by atoms with Crippen LogP contribution in [0.5, 0.6) is 0 Å². The van der Waals surface area contributed by atoms with E-state index in [1.165, 1.54) is 12.1 Å². The van der Waals surface area contributed by atoms with Crippen molar-refractivity contribution in [2.75, 3.05) is 27.2 Å². The molecule has 1 aromatic rings. The number of halogens is 3. The SMILES string of the molecule is CN(C)C(CNC(=O)CCCN)c1ccc(F)cc1.Cl.Cl. The fourth-order valence-corrected chi connectivity index (χ4v) is 1.85. The van der Waals surface area contributed by atoms with E-state index in [0.717, 1.165) is 5.56 Å². The minimum absolute atomic E-state index is 0. The third-order valence-corrected chi connectivity index (χ3v) is 2.98. The smallest absolute Gasteiger partial charge is 0.220 e. The van der Waals surface area contributed by atoms with Crippen LogP contribution in [0.2, 0.25) is 0 Å². The number of hydrogen-bond acceptors (Lipinski definition) is 3. The van der Waals surface area contributed by atoms with E-state index in [1.54, 1.807) is 12.1 Å². The number of nitrogens with zero attached hydrogens (tertiary/aromatic N) is 1. The van der Waals surface area contributed by atoms with Crippen LogP contribution in [0, 0.1) is 5.82 Å². The van der Waals surface area contributed by atoms with Gasteiger partial charge >= 0.3 is 0 Å². The number of benzene rings is 1. The summed E-state index contributed by atoms with van der Waals surface area (Å²) in [4.78, 5) is 13.6. The molecule has 4 nitrogen and oxygen atoms in total. The van der Waals surface area contributed by atoms with E-state index < -0.39 is 0 Å². The van der Waals surface area contributed by atoms with Crippen molar-refractivity contribution in [2.45, 2.75) is 18.9 Å². The van der Waals surface area contributed by atoms with E-state index in [4.69, 9.17) is 5.73 Å². The summed E-state index contributed by atoms with van der Waals surface area (Å²) in [5.41, 5.74) is 6.34. The molecule has 0 bridgehead atoms. The van der Waals surface area contributed by atoms with Gasteiger partial charge in [-0.1, -0.05) is 12.1 Å². The number of hydrogen-bond donors (Lipinski definition) is 2. The van der Waals surface area contributed by atoms with Gasteiger partial charge in [0.05, 0.1) is 6.04 Å². The molecule has 0 aromatic heterocycles. The minimum atomic E-state index is -0.256. The highest BCUT2D eigenvalue weighted by Gasteiger charge is 2.15. The van der Waals surface area contributed by atoms with Gasteiger partial charge in [-0.2, -0.15) is 0 Å². The predicted molar refractivity (Wildman–Crippen MR) is 88.6 cm³/mol. The van der Waals surface area contributed by atoms with E-state index >= 15 is 0 Å². The lowest BCUT2D eigenvalue weighted by atomic mass is 10.1. The molecule has 1 aromatic carbocycles. The maximum absolute atomic E-state index is 12.9. The van der Waals surface area contributed by atoms with Gasteiger partial charge in [0.1, 0.15) is 5.82 Å². The zero-order chi connectivity index (χ0) is 14.3. The lowest BCUT2D eigenvalue weighted by molar-refractivity contribution is -0.121. The van der Waals surface area contributed by atoms with Crippen LogP contribution in [0.15, 0.2) is 24.3 Å². The Morgan fingerprint density at radius 1 is 1.29 bits per heavy atom. The van der Waals surface area contributed by atoms with E-state index in [2.05, 4.69) is 5.32 Å². The molecule has 122 valence electrons. The minimum Gasteiger partial charge on any atom is -0.354 e. The maximum Gasteiger partial charge on any atom is 0.220 e. The van der Waals surface area contributed by atoms with Crippen LogP contribution in [0.1, 0.15) is 24.4 Å². The highest BCUT2D eigenvalue weighted by molar-refractivity contribution is 5.85. The highest BCUT2D eigenvalue weighted by atomic mass is 35.5. The van der Waals surface area contributed by atoms with Crippen molar-refractivity contribution in [2.24, 2.45) is 5.73 Å². The zero-order valence-electron chi connectivity index (χ0n) is 12.3. The third kappa shape index (κ3) is 8.21. The van der Waals surface area contributed by atoms with Crippen molar-refractivity contribution >= 4 is 30.7 Å². The number of carbonyl (C=O) groups excluding carboxylic acids is 1. The van der Waals surface area contributed by atoms with Gasteiger partial charge in [-0.3, -0.25) is 4.79 Å². The van der Waals surface area contributed by atoms with Crippen molar-refractivity contribution in [3.63, 3.8) is 0 Å². The van der Waals surface area contributed by atoms with E-state index in [9.17, 15) is 9.18 Å². The number of rotatable bonds is 7. The molecule has 1 atom stereocenters. The largest absolute Gasteiger partial charge is 0.354 e. The summed E-state index contributed by atoms with van der Waals surface area (Å²) in [6.07, 6.45) is 1.13. The van der Waals surface area contributed by atoms with Gasteiger partial charge in [0.15, 0.2) is 0 Å². The Balaban J connectivity index is 0. The van der Waals surface area contributed by atoms with Gasteiger partial charge in [0.2, 0.25) is 5.91 Å². The van der Waals surface area contributed by atoms with Crippen LogP contribution in [0.4, 0.5) is 4.39 Å². The van der Waals surface area contributed by atoms with Gasteiger partial charge < -0.3 is 16.0 Å². The van der Waals surface area contributed by atoms with Crippen molar-refractivity contribution in [3.05, 3.63) is 35.6 Å². The third-order valence-electron chi connectivity index (χ3n) is 2.98. The second kappa shape index (κ2) is 11.7. The Morgan fingerprint density at radius 3 is 2.33 bits per heavy atom. The molecule has 7 heteroatoms. The van der Waals surface area contributed by atoms with Crippen molar-refractivity contribution in [3.8, 4) is 0 Å². The maximum atomic E-state index is 12.9. The van der Waals surface area contributed by atoms with Crippen molar-refractivity contribution in [1.29, 1.82) is 0 Å². The molecule has 1 rings (SSSR count). The summed E-state index contributed by atoms with van der Waals surface area (Å²) in [5, 5.41) is 2.88. The number of amides is 1. The molecule has 0 fully saturated rings. The van der Waals surface area contributed by atoms with Gasteiger partial charge in [-0.05, 0) is 44.8 Å². The number of nitrogens with two attached hydrogens (primary N) is 1. The van der Waals surface area contributed by atoms with Gasteiger partial charge in [-0.25, -0.2) is 4.39 Å². The summed E-state index contributed by atoms with van der Waals surface area (Å²) < 4.78 is 12.9. The summed E-state index contributed by atoms with van der Waals surface area (Å²) >= 11 is 0. The van der Waals surface area contributed by atoms with Gasteiger partial charge in [-0.15, -0.1) is 24.8 Å². The average molecular weight is 340 g/mol. The molecule has 0 heterocycles. The summed E-state index contributed by atoms with van der Waals surface area (Å²) in [6, 6.07) is 6.38.